The van der Waals surface area contributed by atoms with Crippen LogP contribution in [0.2, 0.25) is 0 Å². The molecule has 0 aliphatic rings. The third-order valence-electron chi connectivity index (χ3n) is 2.14. The Morgan fingerprint density at radius 3 is 3.20 bits per heavy atom. The SMILES string of the molecule is C[C@H](Cn1cccn1)NCc1cscn1. The van der Waals surface area contributed by atoms with Crippen LogP contribution in [0.3, 0.4) is 0 Å². The van der Waals surface area contributed by atoms with Gasteiger partial charge in [0.25, 0.3) is 0 Å². The highest BCUT2D eigenvalue weighted by Gasteiger charge is 2.03. The standard InChI is InChI=1S/C10H14N4S/c1-9(6-14-4-2-3-13-14)11-5-10-7-15-8-12-10/h2-4,7-9,11H,5-6H2,1H3/t9-/m1/s1. The van der Waals surface area contributed by atoms with Gasteiger partial charge in [0.15, 0.2) is 0 Å². The van der Waals surface area contributed by atoms with E-state index in [1.54, 1.807) is 17.5 Å². The maximum absolute atomic E-state index is 4.22. The molecule has 0 amide bonds. The topological polar surface area (TPSA) is 42.7 Å². The molecule has 0 unspecified atom stereocenters. The summed E-state index contributed by atoms with van der Waals surface area (Å²) < 4.78 is 1.93. The van der Waals surface area contributed by atoms with Crippen molar-refractivity contribution in [2.45, 2.75) is 26.1 Å². The predicted octanol–water partition coefficient (Wildman–Crippen LogP) is 1.52. The number of thiazole rings is 1. The first-order chi connectivity index (χ1) is 7.34. The Morgan fingerprint density at radius 1 is 1.60 bits per heavy atom. The monoisotopic (exact) mass is 222 g/mol. The van der Waals surface area contributed by atoms with Crippen LogP contribution in [-0.4, -0.2) is 20.8 Å². The minimum absolute atomic E-state index is 0.395. The molecule has 1 N–H and O–H groups in total. The van der Waals surface area contributed by atoms with E-state index < -0.39 is 0 Å². The lowest BCUT2D eigenvalue weighted by molar-refractivity contribution is 0.449. The van der Waals surface area contributed by atoms with Crippen LogP contribution in [0.5, 0.6) is 0 Å². The lowest BCUT2D eigenvalue weighted by Crippen LogP contribution is -2.30. The molecule has 0 aromatic carbocycles. The summed E-state index contributed by atoms with van der Waals surface area (Å²) in [4.78, 5) is 4.22. The van der Waals surface area contributed by atoms with Crippen LogP contribution in [0.1, 0.15) is 12.6 Å². The van der Waals surface area contributed by atoms with Crippen molar-refractivity contribution >= 4 is 11.3 Å². The quantitative estimate of drug-likeness (QED) is 0.834. The summed E-state index contributed by atoms with van der Waals surface area (Å²) in [5.41, 5.74) is 2.96. The Hall–Kier alpha value is -1.20. The number of nitrogens with one attached hydrogen (secondary N) is 1. The van der Waals surface area contributed by atoms with Crippen molar-refractivity contribution in [3.05, 3.63) is 35.0 Å². The highest BCUT2D eigenvalue weighted by molar-refractivity contribution is 7.07. The fourth-order valence-electron chi connectivity index (χ4n) is 1.36. The zero-order valence-corrected chi connectivity index (χ0v) is 9.44. The lowest BCUT2D eigenvalue weighted by atomic mass is 10.3. The van der Waals surface area contributed by atoms with Crippen LogP contribution in [0.15, 0.2) is 29.4 Å². The zero-order chi connectivity index (χ0) is 10.5. The second-order valence-corrected chi connectivity index (χ2v) is 4.21. The molecule has 0 fully saturated rings. The van der Waals surface area contributed by atoms with Crippen molar-refractivity contribution in [1.82, 2.24) is 20.1 Å². The van der Waals surface area contributed by atoms with Gasteiger partial charge < -0.3 is 5.32 Å². The molecule has 4 nitrogen and oxygen atoms in total. The first-order valence-electron chi connectivity index (χ1n) is 4.92. The van der Waals surface area contributed by atoms with Crippen molar-refractivity contribution in [3.8, 4) is 0 Å². The van der Waals surface area contributed by atoms with E-state index in [-0.39, 0.29) is 0 Å². The van der Waals surface area contributed by atoms with Crippen molar-refractivity contribution in [3.63, 3.8) is 0 Å². The third-order valence-corrected chi connectivity index (χ3v) is 2.77. The van der Waals surface area contributed by atoms with E-state index in [2.05, 4.69) is 27.7 Å². The largest absolute Gasteiger partial charge is 0.307 e. The molecular formula is C10H14N4S. The molecular weight excluding hydrogens is 208 g/mol. The Balaban J connectivity index is 1.76. The van der Waals surface area contributed by atoms with Crippen LogP contribution in [0, 0.1) is 0 Å². The van der Waals surface area contributed by atoms with Gasteiger partial charge in [-0.2, -0.15) is 5.10 Å². The van der Waals surface area contributed by atoms with E-state index in [4.69, 9.17) is 0 Å². The van der Waals surface area contributed by atoms with E-state index in [1.165, 1.54) is 0 Å². The van der Waals surface area contributed by atoms with E-state index >= 15 is 0 Å². The van der Waals surface area contributed by atoms with Gasteiger partial charge in [-0.15, -0.1) is 11.3 Å². The minimum Gasteiger partial charge on any atom is -0.307 e. The molecule has 0 saturated heterocycles. The number of hydrogen-bond acceptors (Lipinski definition) is 4. The van der Waals surface area contributed by atoms with Crippen molar-refractivity contribution < 1.29 is 0 Å². The van der Waals surface area contributed by atoms with Crippen molar-refractivity contribution in [2.75, 3.05) is 0 Å². The fraction of sp³-hybridized carbons (Fsp3) is 0.400. The lowest BCUT2D eigenvalue weighted by Gasteiger charge is -2.12. The molecule has 0 aliphatic carbocycles. The minimum atomic E-state index is 0.395. The van der Waals surface area contributed by atoms with Crippen LogP contribution in [0.4, 0.5) is 0 Å². The van der Waals surface area contributed by atoms with E-state index in [0.717, 1.165) is 18.8 Å². The molecule has 0 spiro atoms. The molecule has 2 aromatic heterocycles. The van der Waals surface area contributed by atoms with Crippen molar-refractivity contribution in [1.29, 1.82) is 0 Å². The first-order valence-corrected chi connectivity index (χ1v) is 5.87. The van der Waals surface area contributed by atoms with Gasteiger partial charge >= 0.3 is 0 Å². The number of hydrogen-bond donors (Lipinski definition) is 1. The molecule has 0 aliphatic heterocycles. The Morgan fingerprint density at radius 2 is 2.53 bits per heavy atom. The average Bonchev–Trinajstić information content (AvgIpc) is 2.86. The molecule has 2 aromatic rings. The first kappa shape index (κ1) is 10.3. The molecule has 80 valence electrons. The number of rotatable bonds is 5. The molecule has 1 atom stereocenters. The Kier molecular flexibility index (Phi) is 3.47. The predicted molar refractivity (Wildman–Crippen MR) is 60.6 cm³/mol. The molecule has 0 saturated carbocycles. The van der Waals surface area contributed by atoms with Crippen LogP contribution >= 0.6 is 11.3 Å². The molecule has 0 radical (unpaired) electrons. The summed E-state index contributed by atoms with van der Waals surface area (Å²) in [6.45, 7) is 3.86. The van der Waals surface area contributed by atoms with Crippen molar-refractivity contribution in [2.24, 2.45) is 0 Å². The summed E-state index contributed by atoms with van der Waals surface area (Å²) in [6, 6.07) is 2.33. The summed E-state index contributed by atoms with van der Waals surface area (Å²) in [5, 5.41) is 9.63. The van der Waals surface area contributed by atoms with Gasteiger partial charge in [0.05, 0.1) is 17.7 Å². The molecule has 0 bridgehead atoms. The van der Waals surface area contributed by atoms with Gasteiger partial charge in [0, 0.05) is 30.4 Å². The number of aromatic nitrogens is 3. The van der Waals surface area contributed by atoms with Gasteiger partial charge in [0.2, 0.25) is 0 Å². The molecule has 15 heavy (non-hydrogen) atoms. The molecule has 2 heterocycles. The average molecular weight is 222 g/mol. The maximum atomic E-state index is 4.22. The second kappa shape index (κ2) is 5.04. The fourth-order valence-corrected chi connectivity index (χ4v) is 1.92. The zero-order valence-electron chi connectivity index (χ0n) is 8.63. The summed E-state index contributed by atoms with van der Waals surface area (Å²) in [5.74, 6) is 0. The third kappa shape index (κ3) is 3.14. The van der Waals surface area contributed by atoms with Crippen LogP contribution in [-0.2, 0) is 13.1 Å². The smallest absolute Gasteiger partial charge is 0.0795 e. The highest BCUT2D eigenvalue weighted by atomic mass is 32.1. The highest BCUT2D eigenvalue weighted by Crippen LogP contribution is 2.00. The summed E-state index contributed by atoms with van der Waals surface area (Å²) in [7, 11) is 0. The van der Waals surface area contributed by atoms with Gasteiger partial charge in [0.1, 0.15) is 0 Å². The van der Waals surface area contributed by atoms with Gasteiger partial charge in [-0.3, -0.25) is 4.68 Å². The van der Waals surface area contributed by atoms with Gasteiger partial charge in [-0.1, -0.05) is 0 Å². The van der Waals surface area contributed by atoms with Gasteiger partial charge in [-0.25, -0.2) is 4.98 Å². The van der Waals surface area contributed by atoms with Gasteiger partial charge in [-0.05, 0) is 13.0 Å². The van der Waals surface area contributed by atoms with E-state index in [9.17, 15) is 0 Å². The second-order valence-electron chi connectivity index (χ2n) is 3.49. The summed E-state index contributed by atoms with van der Waals surface area (Å²) in [6.07, 6.45) is 3.77. The Labute approximate surface area is 93.0 Å². The van der Waals surface area contributed by atoms with E-state index in [1.807, 2.05) is 22.5 Å². The molecule has 2 rings (SSSR count). The normalized spacial score (nSPS) is 12.9. The molecule has 5 heteroatoms. The van der Waals surface area contributed by atoms with Crippen LogP contribution in [0.25, 0.3) is 0 Å². The van der Waals surface area contributed by atoms with E-state index in [0.29, 0.717) is 6.04 Å². The maximum Gasteiger partial charge on any atom is 0.0795 e. The Bertz CT molecular complexity index is 368. The number of nitrogens with zero attached hydrogens (tertiary/aromatic N) is 3. The summed E-state index contributed by atoms with van der Waals surface area (Å²) >= 11 is 1.63. The van der Waals surface area contributed by atoms with Crippen LogP contribution < -0.4 is 5.32 Å².